The lowest BCUT2D eigenvalue weighted by Gasteiger charge is -2.04. The van der Waals surface area contributed by atoms with Gasteiger partial charge in [0.25, 0.3) is 0 Å². The molecule has 0 saturated carbocycles. The number of rotatable bonds is 0. The van der Waals surface area contributed by atoms with Crippen molar-refractivity contribution in [2.24, 2.45) is 0 Å². The molecular formula is C15H11N3. The van der Waals surface area contributed by atoms with Crippen LogP contribution in [0.2, 0.25) is 0 Å². The summed E-state index contributed by atoms with van der Waals surface area (Å²) in [5, 5.41) is 1.15. The summed E-state index contributed by atoms with van der Waals surface area (Å²) in [6.45, 7) is 2.04. The standard InChI is InChI=1S/C15H11N3/c1-10-15-14-11(5-4-8-16-14)9-18(15)13-7-3-2-6-12(13)17-10/h2-9H,1H3. The van der Waals surface area contributed by atoms with Crippen LogP contribution in [0.4, 0.5) is 0 Å². The molecule has 0 aliphatic carbocycles. The predicted molar refractivity (Wildman–Crippen MR) is 72.7 cm³/mol. The van der Waals surface area contributed by atoms with Crippen LogP contribution in [-0.2, 0) is 0 Å². The third-order valence-electron chi connectivity index (χ3n) is 3.34. The van der Waals surface area contributed by atoms with Crippen molar-refractivity contribution in [1.82, 2.24) is 14.4 Å². The van der Waals surface area contributed by atoms with Crippen molar-refractivity contribution < 1.29 is 0 Å². The fourth-order valence-electron chi connectivity index (χ4n) is 2.57. The molecule has 1 aromatic carbocycles. The first-order valence-corrected chi connectivity index (χ1v) is 5.96. The largest absolute Gasteiger partial charge is 0.311 e. The Bertz CT molecular complexity index is 890. The van der Waals surface area contributed by atoms with Gasteiger partial charge in [0, 0.05) is 17.8 Å². The summed E-state index contributed by atoms with van der Waals surface area (Å²) in [6, 6.07) is 12.2. The second-order valence-electron chi connectivity index (χ2n) is 4.47. The summed E-state index contributed by atoms with van der Waals surface area (Å²) in [4.78, 5) is 9.14. The van der Waals surface area contributed by atoms with Gasteiger partial charge in [0.15, 0.2) is 0 Å². The van der Waals surface area contributed by atoms with Gasteiger partial charge in [0.05, 0.1) is 27.8 Å². The van der Waals surface area contributed by atoms with Gasteiger partial charge in [0.1, 0.15) is 0 Å². The van der Waals surface area contributed by atoms with E-state index in [1.807, 2.05) is 37.4 Å². The normalized spacial score (nSPS) is 11.6. The van der Waals surface area contributed by atoms with Gasteiger partial charge in [-0.2, -0.15) is 0 Å². The van der Waals surface area contributed by atoms with Crippen molar-refractivity contribution >= 4 is 27.5 Å². The number of benzene rings is 1. The molecule has 4 rings (SSSR count). The third-order valence-corrected chi connectivity index (χ3v) is 3.34. The monoisotopic (exact) mass is 233 g/mol. The highest BCUT2D eigenvalue weighted by atomic mass is 14.9. The van der Waals surface area contributed by atoms with Crippen molar-refractivity contribution in [3.63, 3.8) is 0 Å². The number of aryl methyl sites for hydroxylation is 1. The average molecular weight is 233 g/mol. The fraction of sp³-hybridized carbons (Fsp3) is 0.0667. The second-order valence-corrected chi connectivity index (χ2v) is 4.47. The molecule has 0 unspecified atom stereocenters. The van der Waals surface area contributed by atoms with Crippen LogP contribution in [0, 0.1) is 6.92 Å². The van der Waals surface area contributed by atoms with E-state index in [0.29, 0.717) is 0 Å². The lowest BCUT2D eigenvalue weighted by Crippen LogP contribution is -1.93. The van der Waals surface area contributed by atoms with Crippen LogP contribution in [0.25, 0.3) is 27.5 Å². The molecule has 0 saturated heterocycles. The molecule has 0 radical (unpaired) electrons. The summed E-state index contributed by atoms with van der Waals surface area (Å²) in [5.41, 5.74) is 5.28. The topological polar surface area (TPSA) is 30.2 Å². The number of fused-ring (bicyclic) bond motifs is 5. The first-order chi connectivity index (χ1) is 8.84. The second kappa shape index (κ2) is 3.29. The van der Waals surface area contributed by atoms with E-state index in [1.54, 1.807) is 0 Å². The Kier molecular flexibility index (Phi) is 1.75. The number of para-hydroxylation sites is 2. The highest BCUT2D eigenvalue weighted by Crippen LogP contribution is 2.25. The SMILES string of the molecule is Cc1nc2ccccc2n2cc3cccnc3c12. The lowest BCUT2D eigenvalue weighted by atomic mass is 10.2. The molecule has 4 aromatic rings. The minimum Gasteiger partial charge on any atom is -0.311 e. The Balaban J connectivity index is 2.38. The molecule has 86 valence electrons. The van der Waals surface area contributed by atoms with E-state index in [1.165, 1.54) is 0 Å². The molecule has 0 amide bonds. The van der Waals surface area contributed by atoms with E-state index < -0.39 is 0 Å². The molecule has 0 aliphatic heterocycles. The van der Waals surface area contributed by atoms with Gasteiger partial charge in [0.2, 0.25) is 0 Å². The van der Waals surface area contributed by atoms with Gasteiger partial charge in [-0.15, -0.1) is 0 Å². The summed E-state index contributed by atoms with van der Waals surface area (Å²) < 4.78 is 2.19. The van der Waals surface area contributed by atoms with E-state index in [-0.39, 0.29) is 0 Å². The van der Waals surface area contributed by atoms with Crippen molar-refractivity contribution in [2.45, 2.75) is 6.92 Å². The zero-order valence-corrected chi connectivity index (χ0v) is 9.96. The number of hydrogen-bond acceptors (Lipinski definition) is 2. The van der Waals surface area contributed by atoms with E-state index >= 15 is 0 Å². The molecule has 3 aromatic heterocycles. The molecule has 0 atom stereocenters. The van der Waals surface area contributed by atoms with Gasteiger partial charge in [-0.3, -0.25) is 4.98 Å². The van der Waals surface area contributed by atoms with E-state index in [9.17, 15) is 0 Å². The van der Waals surface area contributed by atoms with Crippen molar-refractivity contribution in [3.8, 4) is 0 Å². The van der Waals surface area contributed by atoms with Crippen LogP contribution in [0.1, 0.15) is 5.69 Å². The van der Waals surface area contributed by atoms with E-state index in [4.69, 9.17) is 0 Å². The number of hydrogen-bond donors (Lipinski definition) is 0. The molecule has 18 heavy (non-hydrogen) atoms. The Morgan fingerprint density at radius 2 is 1.94 bits per heavy atom. The van der Waals surface area contributed by atoms with Gasteiger partial charge in [-0.05, 0) is 31.2 Å². The first kappa shape index (κ1) is 9.59. The third kappa shape index (κ3) is 1.13. The summed E-state index contributed by atoms with van der Waals surface area (Å²) in [6.07, 6.45) is 3.96. The molecule has 0 bridgehead atoms. The van der Waals surface area contributed by atoms with Crippen molar-refractivity contribution in [3.05, 3.63) is 54.5 Å². The van der Waals surface area contributed by atoms with Crippen LogP contribution in [0.3, 0.4) is 0 Å². The van der Waals surface area contributed by atoms with Crippen LogP contribution < -0.4 is 0 Å². The quantitative estimate of drug-likeness (QED) is 0.466. The fourth-order valence-corrected chi connectivity index (χ4v) is 2.57. The van der Waals surface area contributed by atoms with Gasteiger partial charge >= 0.3 is 0 Å². The van der Waals surface area contributed by atoms with Crippen LogP contribution in [0.5, 0.6) is 0 Å². The summed E-state index contributed by atoms with van der Waals surface area (Å²) in [7, 11) is 0. The Morgan fingerprint density at radius 3 is 2.89 bits per heavy atom. The highest BCUT2D eigenvalue weighted by Gasteiger charge is 2.10. The Morgan fingerprint density at radius 1 is 1.06 bits per heavy atom. The number of nitrogens with zero attached hydrogens (tertiary/aromatic N) is 3. The summed E-state index contributed by atoms with van der Waals surface area (Å²) >= 11 is 0. The molecular weight excluding hydrogens is 222 g/mol. The molecule has 0 N–H and O–H groups in total. The van der Waals surface area contributed by atoms with Crippen molar-refractivity contribution in [2.75, 3.05) is 0 Å². The van der Waals surface area contributed by atoms with Crippen molar-refractivity contribution in [1.29, 1.82) is 0 Å². The molecule has 0 fully saturated rings. The van der Waals surface area contributed by atoms with Gasteiger partial charge < -0.3 is 4.40 Å². The predicted octanol–water partition coefficient (Wildman–Crippen LogP) is 3.34. The molecule has 3 heterocycles. The maximum atomic E-state index is 4.67. The minimum absolute atomic E-state index is 1.02. The van der Waals surface area contributed by atoms with Crippen LogP contribution in [-0.4, -0.2) is 14.4 Å². The lowest BCUT2D eigenvalue weighted by molar-refractivity contribution is 1.17. The minimum atomic E-state index is 1.02. The smallest absolute Gasteiger partial charge is 0.0975 e. The zero-order chi connectivity index (χ0) is 12.1. The Labute approximate surface area is 104 Å². The highest BCUT2D eigenvalue weighted by molar-refractivity contribution is 5.98. The molecule has 0 spiro atoms. The van der Waals surface area contributed by atoms with Crippen LogP contribution in [0.15, 0.2) is 48.8 Å². The van der Waals surface area contributed by atoms with E-state index in [0.717, 1.165) is 33.1 Å². The summed E-state index contributed by atoms with van der Waals surface area (Å²) in [5.74, 6) is 0. The molecule has 0 aliphatic rings. The number of aromatic nitrogens is 3. The maximum absolute atomic E-state index is 4.67. The Hall–Kier alpha value is -2.42. The molecule has 3 heteroatoms. The maximum Gasteiger partial charge on any atom is 0.0975 e. The van der Waals surface area contributed by atoms with Gasteiger partial charge in [-0.25, -0.2) is 4.98 Å². The first-order valence-electron chi connectivity index (χ1n) is 5.96. The van der Waals surface area contributed by atoms with Gasteiger partial charge in [-0.1, -0.05) is 12.1 Å². The van der Waals surface area contributed by atoms with E-state index in [2.05, 4.69) is 32.7 Å². The number of pyridine rings is 1. The average Bonchev–Trinajstić information content (AvgIpc) is 2.79. The molecule has 3 nitrogen and oxygen atoms in total. The zero-order valence-electron chi connectivity index (χ0n) is 9.96. The van der Waals surface area contributed by atoms with Crippen LogP contribution >= 0.6 is 0 Å².